The van der Waals surface area contributed by atoms with E-state index in [1.54, 1.807) is 18.2 Å². The molecule has 1 heterocycles. The summed E-state index contributed by atoms with van der Waals surface area (Å²) in [6.45, 7) is 1.37. The molecule has 17 heavy (non-hydrogen) atoms. The summed E-state index contributed by atoms with van der Waals surface area (Å²) in [6, 6.07) is 6.86. The third-order valence-electron chi connectivity index (χ3n) is 1.83. The molecular weight excluding hydrogens is 236 g/mol. The van der Waals surface area contributed by atoms with Crippen LogP contribution in [-0.2, 0) is 0 Å². The van der Waals surface area contributed by atoms with E-state index in [9.17, 15) is 5.11 Å². The standard InChI is InChI=1S/C11H8N4OS/c1-7(16)9(5-13)11(17)15-10-3-2-8(4-12)6-14-10/h2-3,6,16H,1H3,(H,14,15,17). The van der Waals surface area contributed by atoms with Crippen molar-refractivity contribution in [1.29, 1.82) is 10.5 Å². The summed E-state index contributed by atoms with van der Waals surface area (Å²) in [5.74, 6) is 0.252. The van der Waals surface area contributed by atoms with E-state index in [1.807, 2.05) is 6.07 Å². The van der Waals surface area contributed by atoms with Crippen LogP contribution < -0.4 is 5.32 Å². The number of aromatic nitrogens is 1. The molecule has 0 aromatic carbocycles. The lowest BCUT2D eigenvalue weighted by Crippen LogP contribution is -2.13. The minimum absolute atomic E-state index is 0.00819. The van der Waals surface area contributed by atoms with Gasteiger partial charge in [-0.1, -0.05) is 12.2 Å². The van der Waals surface area contributed by atoms with Crippen molar-refractivity contribution < 1.29 is 5.11 Å². The number of aliphatic hydroxyl groups is 1. The van der Waals surface area contributed by atoms with Gasteiger partial charge in [0.25, 0.3) is 0 Å². The lowest BCUT2D eigenvalue weighted by molar-refractivity contribution is 0.412. The van der Waals surface area contributed by atoms with E-state index in [1.165, 1.54) is 13.1 Å². The summed E-state index contributed by atoms with van der Waals surface area (Å²) < 4.78 is 0. The van der Waals surface area contributed by atoms with Crippen LogP contribution in [0, 0.1) is 22.7 Å². The molecule has 1 rings (SSSR count). The van der Waals surface area contributed by atoms with Crippen molar-refractivity contribution in [2.24, 2.45) is 0 Å². The first-order chi connectivity index (χ1) is 8.08. The topological polar surface area (TPSA) is 92.7 Å². The molecule has 0 fully saturated rings. The van der Waals surface area contributed by atoms with E-state index in [4.69, 9.17) is 22.7 Å². The quantitative estimate of drug-likeness (QED) is 0.358. The molecular formula is C11H8N4OS. The van der Waals surface area contributed by atoms with E-state index < -0.39 is 0 Å². The minimum Gasteiger partial charge on any atom is -0.511 e. The Balaban J connectivity index is 2.86. The highest BCUT2D eigenvalue weighted by Gasteiger charge is 2.08. The summed E-state index contributed by atoms with van der Waals surface area (Å²) in [5, 5.41) is 29.3. The molecule has 2 N–H and O–H groups in total. The smallest absolute Gasteiger partial charge is 0.131 e. The van der Waals surface area contributed by atoms with Crippen molar-refractivity contribution >= 4 is 23.0 Å². The Morgan fingerprint density at radius 3 is 2.59 bits per heavy atom. The number of thiocarbonyl (C=S) groups is 1. The van der Waals surface area contributed by atoms with E-state index in [0.29, 0.717) is 11.4 Å². The number of anilines is 1. The minimum atomic E-state index is -0.154. The van der Waals surface area contributed by atoms with Crippen molar-refractivity contribution in [3.05, 3.63) is 35.2 Å². The fourth-order valence-corrected chi connectivity index (χ4v) is 1.31. The van der Waals surface area contributed by atoms with Crippen LogP contribution in [0.4, 0.5) is 5.82 Å². The molecule has 0 atom stereocenters. The Hall–Kier alpha value is -2.44. The van der Waals surface area contributed by atoms with Gasteiger partial charge >= 0.3 is 0 Å². The first-order valence-electron chi connectivity index (χ1n) is 4.56. The molecule has 0 saturated heterocycles. The van der Waals surface area contributed by atoms with Crippen molar-refractivity contribution in [1.82, 2.24) is 4.98 Å². The molecule has 1 aromatic rings. The first kappa shape index (κ1) is 12.6. The Morgan fingerprint density at radius 1 is 1.47 bits per heavy atom. The SMILES string of the molecule is CC(O)=C(C#N)C(=S)Nc1ccc(C#N)cn1. The molecule has 1 aromatic heterocycles. The van der Waals surface area contributed by atoms with Crippen LogP contribution in [-0.4, -0.2) is 15.1 Å². The van der Waals surface area contributed by atoms with Crippen LogP contribution in [0.15, 0.2) is 29.7 Å². The van der Waals surface area contributed by atoms with Crippen molar-refractivity contribution in [3.63, 3.8) is 0 Å². The largest absolute Gasteiger partial charge is 0.511 e. The zero-order valence-corrected chi connectivity index (χ0v) is 9.75. The summed E-state index contributed by atoms with van der Waals surface area (Å²) in [5.41, 5.74) is 0.419. The molecule has 0 unspecified atom stereocenters. The summed E-state index contributed by atoms with van der Waals surface area (Å²) in [6.07, 6.45) is 1.38. The predicted octanol–water partition coefficient (Wildman–Crippen LogP) is 2.05. The molecule has 0 bridgehead atoms. The number of hydrogen-bond donors (Lipinski definition) is 2. The lowest BCUT2D eigenvalue weighted by atomic mass is 10.2. The molecule has 0 aliphatic rings. The third kappa shape index (κ3) is 3.26. The Morgan fingerprint density at radius 2 is 2.18 bits per heavy atom. The molecule has 0 aliphatic carbocycles. The molecule has 6 heteroatoms. The Bertz CT molecular complexity index is 544. The van der Waals surface area contributed by atoms with Crippen LogP contribution in [0.1, 0.15) is 12.5 Å². The highest BCUT2D eigenvalue weighted by atomic mass is 32.1. The number of hydrogen-bond acceptors (Lipinski definition) is 5. The van der Waals surface area contributed by atoms with Crippen LogP contribution in [0.2, 0.25) is 0 Å². The number of nitriles is 2. The second-order valence-corrected chi connectivity index (χ2v) is 3.48. The van der Waals surface area contributed by atoms with E-state index in [2.05, 4.69) is 10.3 Å². The average Bonchev–Trinajstić information content (AvgIpc) is 2.30. The van der Waals surface area contributed by atoms with Crippen LogP contribution in [0.3, 0.4) is 0 Å². The van der Waals surface area contributed by atoms with Gasteiger partial charge in [0.05, 0.1) is 5.56 Å². The second-order valence-electron chi connectivity index (χ2n) is 3.07. The number of nitrogens with one attached hydrogen (secondary N) is 1. The zero-order valence-electron chi connectivity index (χ0n) is 8.93. The molecule has 5 nitrogen and oxygen atoms in total. The average molecular weight is 244 g/mol. The van der Waals surface area contributed by atoms with Gasteiger partial charge in [0.15, 0.2) is 0 Å². The monoisotopic (exact) mass is 244 g/mol. The van der Waals surface area contributed by atoms with Gasteiger partial charge in [-0.25, -0.2) is 4.98 Å². The summed E-state index contributed by atoms with van der Waals surface area (Å²) >= 11 is 4.94. The van der Waals surface area contributed by atoms with Gasteiger partial charge in [-0.2, -0.15) is 10.5 Å². The Labute approximate surface area is 104 Å². The predicted molar refractivity (Wildman–Crippen MR) is 66.1 cm³/mol. The van der Waals surface area contributed by atoms with Crippen molar-refractivity contribution in [2.75, 3.05) is 5.32 Å². The number of pyridine rings is 1. The molecule has 0 saturated carbocycles. The maximum absolute atomic E-state index is 9.21. The molecule has 0 aliphatic heterocycles. The van der Waals surface area contributed by atoms with E-state index in [-0.39, 0.29) is 16.3 Å². The van der Waals surface area contributed by atoms with Gasteiger partial charge in [-0.3, -0.25) is 0 Å². The fraction of sp³-hybridized carbons (Fsp3) is 0.0909. The van der Waals surface area contributed by atoms with Crippen LogP contribution in [0.5, 0.6) is 0 Å². The summed E-state index contributed by atoms with van der Waals surface area (Å²) in [4.78, 5) is 4.02. The number of nitrogens with zero attached hydrogens (tertiary/aromatic N) is 3. The Kier molecular flexibility index (Phi) is 4.15. The van der Waals surface area contributed by atoms with Crippen molar-refractivity contribution in [3.8, 4) is 12.1 Å². The zero-order chi connectivity index (χ0) is 12.8. The molecule has 0 amide bonds. The lowest BCUT2D eigenvalue weighted by Gasteiger charge is -2.06. The van der Waals surface area contributed by atoms with Crippen LogP contribution in [0.25, 0.3) is 0 Å². The highest BCUT2D eigenvalue weighted by Crippen LogP contribution is 2.09. The molecule has 0 spiro atoms. The summed E-state index contributed by atoms with van der Waals surface area (Å²) in [7, 11) is 0. The normalized spacial score (nSPS) is 10.8. The maximum Gasteiger partial charge on any atom is 0.131 e. The van der Waals surface area contributed by atoms with Crippen molar-refractivity contribution in [2.45, 2.75) is 6.92 Å². The first-order valence-corrected chi connectivity index (χ1v) is 4.96. The van der Waals surface area contributed by atoms with E-state index in [0.717, 1.165) is 0 Å². The van der Waals surface area contributed by atoms with Gasteiger partial charge in [0, 0.05) is 6.20 Å². The molecule has 0 radical (unpaired) electrons. The van der Waals surface area contributed by atoms with Gasteiger partial charge in [0.2, 0.25) is 0 Å². The van der Waals surface area contributed by atoms with Gasteiger partial charge < -0.3 is 10.4 Å². The number of aliphatic hydroxyl groups excluding tert-OH is 1. The second kappa shape index (κ2) is 5.59. The van der Waals surface area contributed by atoms with Gasteiger partial charge in [0.1, 0.15) is 34.3 Å². The number of allylic oxidation sites excluding steroid dienone is 1. The van der Waals surface area contributed by atoms with E-state index >= 15 is 0 Å². The van der Waals surface area contributed by atoms with Gasteiger partial charge in [-0.05, 0) is 19.1 Å². The third-order valence-corrected chi connectivity index (χ3v) is 2.14. The van der Waals surface area contributed by atoms with Crippen LogP contribution >= 0.6 is 12.2 Å². The molecule has 84 valence electrons. The van der Waals surface area contributed by atoms with Gasteiger partial charge in [-0.15, -0.1) is 0 Å². The maximum atomic E-state index is 9.21. The fourth-order valence-electron chi connectivity index (χ4n) is 1.01. The number of rotatable bonds is 2. The highest BCUT2D eigenvalue weighted by molar-refractivity contribution is 7.81.